The number of ether oxygens (including phenoxy) is 1. The summed E-state index contributed by atoms with van der Waals surface area (Å²) in [7, 11) is 1.85. The van der Waals surface area contributed by atoms with Gasteiger partial charge in [0.15, 0.2) is 0 Å². The molecule has 118 valence electrons. The van der Waals surface area contributed by atoms with Gasteiger partial charge in [-0.1, -0.05) is 28.1 Å². The maximum absolute atomic E-state index is 12.4. The van der Waals surface area contributed by atoms with Crippen molar-refractivity contribution in [3.63, 3.8) is 0 Å². The lowest BCUT2D eigenvalue weighted by Crippen LogP contribution is -2.55. The number of amides is 1. The second-order valence-corrected chi connectivity index (χ2v) is 6.06. The number of carbonyl (C=O) groups is 1. The Kier molecular flexibility index (Phi) is 7.66. The molecule has 1 saturated heterocycles. The first kappa shape index (κ1) is 18.4. The van der Waals surface area contributed by atoms with Crippen LogP contribution in [0.15, 0.2) is 28.7 Å². The van der Waals surface area contributed by atoms with Crippen molar-refractivity contribution in [1.29, 1.82) is 0 Å². The molecule has 0 aliphatic carbocycles. The number of hydrogen-bond donors (Lipinski definition) is 1. The molecule has 21 heavy (non-hydrogen) atoms. The first-order chi connectivity index (χ1) is 9.58. The van der Waals surface area contributed by atoms with Crippen molar-refractivity contribution in [1.82, 2.24) is 10.2 Å². The molecule has 1 heterocycles. The molecular formula is C15H22BrClN2O2. The van der Waals surface area contributed by atoms with E-state index in [4.69, 9.17) is 4.74 Å². The van der Waals surface area contributed by atoms with E-state index < -0.39 is 0 Å². The Balaban J connectivity index is 0.00000220. The highest BCUT2D eigenvalue weighted by atomic mass is 79.9. The van der Waals surface area contributed by atoms with E-state index in [1.165, 1.54) is 5.56 Å². The van der Waals surface area contributed by atoms with Gasteiger partial charge in [0.1, 0.15) is 6.04 Å². The van der Waals surface area contributed by atoms with Crippen molar-refractivity contribution in [2.45, 2.75) is 25.5 Å². The van der Waals surface area contributed by atoms with E-state index in [0.29, 0.717) is 13.2 Å². The van der Waals surface area contributed by atoms with E-state index in [2.05, 4.69) is 33.4 Å². The van der Waals surface area contributed by atoms with E-state index in [1.54, 1.807) is 4.90 Å². The summed E-state index contributed by atoms with van der Waals surface area (Å²) in [6.45, 7) is 4.07. The fourth-order valence-electron chi connectivity index (χ4n) is 2.31. The van der Waals surface area contributed by atoms with Crippen molar-refractivity contribution in [3.8, 4) is 0 Å². The SMILES string of the molecule is C[C@H]1OCCN[C@@H]1C(=O)N(C)CCc1ccc(Br)cc1.Cl. The van der Waals surface area contributed by atoms with E-state index in [0.717, 1.165) is 17.4 Å². The number of nitrogens with zero attached hydrogens (tertiary/aromatic N) is 1. The summed E-state index contributed by atoms with van der Waals surface area (Å²) >= 11 is 3.42. The van der Waals surface area contributed by atoms with Crippen LogP contribution in [0.5, 0.6) is 0 Å². The molecule has 6 heteroatoms. The number of benzene rings is 1. The molecule has 1 aliphatic rings. The van der Waals surface area contributed by atoms with Gasteiger partial charge >= 0.3 is 0 Å². The maximum Gasteiger partial charge on any atom is 0.242 e. The summed E-state index contributed by atoms with van der Waals surface area (Å²) in [5.74, 6) is 0.106. The van der Waals surface area contributed by atoms with Gasteiger partial charge in [-0.2, -0.15) is 0 Å². The number of morpholine rings is 1. The topological polar surface area (TPSA) is 41.6 Å². The van der Waals surface area contributed by atoms with Gasteiger partial charge in [-0.3, -0.25) is 4.79 Å². The molecule has 0 unspecified atom stereocenters. The maximum atomic E-state index is 12.4. The Hall–Kier alpha value is -0.620. The van der Waals surface area contributed by atoms with Crippen LogP contribution in [0.3, 0.4) is 0 Å². The largest absolute Gasteiger partial charge is 0.375 e. The molecule has 1 N–H and O–H groups in total. The number of hydrogen-bond acceptors (Lipinski definition) is 3. The second-order valence-electron chi connectivity index (χ2n) is 5.14. The lowest BCUT2D eigenvalue weighted by Gasteiger charge is -2.32. The van der Waals surface area contributed by atoms with Crippen LogP contribution in [0.2, 0.25) is 0 Å². The molecular weight excluding hydrogens is 356 g/mol. The molecule has 0 aromatic heterocycles. The summed E-state index contributed by atoms with van der Waals surface area (Å²) in [4.78, 5) is 14.1. The summed E-state index contributed by atoms with van der Waals surface area (Å²) < 4.78 is 6.59. The van der Waals surface area contributed by atoms with Crippen LogP contribution in [0, 0.1) is 0 Å². The zero-order valence-electron chi connectivity index (χ0n) is 12.3. The van der Waals surface area contributed by atoms with Crippen molar-refractivity contribution in [3.05, 3.63) is 34.3 Å². The third kappa shape index (κ3) is 5.25. The predicted octanol–water partition coefficient (Wildman–Crippen LogP) is 2.25. The van der Waals surface area contributed by atoms with Gasteiger partial charge in [0.05, 0.1) is 12.7 Å². The Morgan fingerprint density at radius 2 is 2.10 bits per heavy atom. The molecule has 0 bridgehead atoms. The van der Waals surface area contributed by atoms with Crippen LogP contribution < -0.4 is 5.32 Å². The standard InChI is InChI=1S/C15H21BrN2O2.ClH/c1-11-14(17-8-10-20-11)15(19)18(2)9-7-12-3-5-13(16)6-4-12;/h3-6,11,14,17H,7-10H2,1-2H3;1H/t11-,14+;/m1./s1. The van der Waals surface area contributed by atoms with Crippen molar-refractivity contribution in [2.75, 3.05) is 26.7 Å². The number of likely N-dealkylation sites (N-methyl/N-ethyl adjacent to an activating group) is 1. The van der Waals surface area contributed by atoms with Crippen molar-refractivity contribution in [2.24, 2.45) is 0 Å². The van der Waals surface area contributed by atoms with Crippen LogP contribution in [0.1, 0.15) is 12.5 Å². The summed E-state index contributed by atoms with van der Waals surface area (Å²) in [6.07, 6.45) is 0.795. The normalized spacial score (nSPS) is 21.5. The molecule has 0 spiro atoms. The first-order valence-electron chi connectivity index (χ1n) is 6.92. The fraction of sp³-hybridized carbons (Fsp3) is 0.533. The molecule has 0 saturated carbocycles. The molecule has 1 aromatic carbocycles. The average molecular weight is 378 g/mol. The molecule has 1 aromatic rings. The highest BCUT2D eigenvalue weighted by Crippen LogP contribution is 2.12. The Morgan fingerprint density at radius 1 is 1.43 bits per heavy atom. The fourth-order valence-corrected chi connectivity index (χ4v) is 2.57. The molecule has 1 aliphatic heterocycles. The van der Waals surface area contributed by atoms with Gasteiger partial charge in [-0.05, 0) is 31.0 Å². The summed E-state index contributed by atoms with van der Waals surface area (Å²) in [5, 5.41) is 3.23. The van der Waals surface area contributed by atoms with Crippen LogP contribution in [-0.2, 0) is 16.0 Å². The van der Waals surface area contributed by atoms with E-state index in [1.807, 2.05) is 26.1 Å². The molecule has 1 amide bonds. The minimum Gasteiger partial charge on any atom is -0.375 e. The van der Waals surface area contributed by atoms with Gasteiger partial charge in [0.2, 0.25) is 5.91 Å². The van der Waals surface area contributed by atoms with E-state index in [9.17, 15) is 4.79 Å². The molecule has 1 fully saturated rings. The third-order valence-corrected chi connectivity index (χ3v) is 4.14. The monoisotopic (exact) mass is 376 g/mol. The number of nitrogens with one attached hydrogen (secondary N) is 1. The number of rotatable bonds is 4. The minimum absolute atomic E-state index is 0. The van der Waals surface area contributed by atoms with Crippen LogP contribution >= 0.6 is 28.3 Å². The summed E-state index contributed by atoms with van der Waals surface area (Å²) in [6, 6.07) is 7.98. The van der Waals surface area contributed by atoms with Crippen LogP contribution in [0.4, 0.5) is 0 Å². The summed E-state index contributed by atoms with van der Waals surface area (Å²) in [5.41, 5.74) is 1.23. The Labute approximate surface area is 140 Å². The van der Waals surface area contributed by atoms with Gasteiger partial charge in [-0.25, -0.2) is 0 Å². The predicted molar refractivity (Wildman–Crippen MR) is 89.9 cm³/mol. The average Bonchev–Trinajstić information content (AvgIpc) is 2.46. The Bertz CT molecular complexity index is 455. The second kappa shape index (κ2) is 8.73. The zero-order valence-corrected chi connectivity index (χ0v) is 14.7. The molecule has 2 atom stereocenters. The highest BCUT2D eigenvalue weighted by Gasteiger charge is 2.30. The van der Waals surface area contributed by atoms with Gasteiger partial charge in [0.25, 0.3) is 0 Å². The smallest absolute Gasteiger partial charge is 0.242 e. The van der Waals surface area contributed by atoms with Gasteiger partial charge in [-0.15, -0.1) is 12.4 Å². The van der Waals surface area contributed by atoms with Crippen LogP contribution in [0.25, 0.3) is 0 Å². The molecule has 2 rings (SSSR count). The number of halogens is 2. The molecule has 4 nitrogen and oxygen atoms in total. The number of carbonyl (C=O) groups excluding carboxylic acids is 1. The van der Waals surface area contributed by atoms with Crippen molar-refractivity contribution >= 4 is 34.2 Å². The molecule has 0 radical (unpaired) electrons. The highest BCUT2D eigenvalue weighted by molar-refractivity contribution is 9.10. The lowest BCUT2D eigenvalue weighted by molar-refractivity contribution is -0.138. The van der Waals surface area contributed by atoms with E-state index in [-0.39, 0.29) is 30.5 Å². The lowest BCUT2D eigenvalue weighted by atomic mass is 10.1. The Morgan fingerprint density at radius 3 is 2.71 bits per heavy atom. The minimum atomic E-state index is -0.223. The quantitative estimate of drug-likeness (QED) is 0.875. The van der Waals surface area contributed by atoms with E-state index >= 15 is 0 Å². The van der Waals surface area contributed by atoms with Gasteiger partial charge in [0, 0.05) is 24.6 Å². The van der Waals surface area contributed by atoms with Gasteiger partial charge < -0.3 is 15.0 Å². The van der Waals surface area contributed by atoms with Crippen molar-refractivity contribution < 1.29 is 9.53 Å². The van der Waals surface area contributed by atoms with Crippen LogP contribution in [-0.4, -0.2) is 49.7 Å². The third-order valence-electron chi connectivity index (χ3n) is 3.61. The first-order valence-corrected chi connectivity index (χ1v) is 7.71. The zero-order chi connectivity index (χ0) is 14.5.